The molecule has 1 heterocycles. The molecule has 0 fully saturated rings. The Morgan fingerprint density at radius 3 is 2.31 bits per heavy atom. The second kappa shape index (κ2) is 9.04. The highest BCUT2D eigenvalue weighted by Gasteiger charge is 2.34. The van der Waals surface area contributed by atoms with Gasteiger partial charge in [-0.05, 0) is 56.3 Å². The first-order valence-corrected chi connectivity index (χ1v) is 9.33. The number of aryl methyl sites for hydroxylation is 1. The first-order chi connectivity index (χ1) is 15.1. The largest absolute Gasteiger partial charge is 0.418 e. The second-order valence-electron chi connectivity index (χ2n) is 6.84. The maximum absolute atomic E-state index is 13.4. The smallest absolute Gasteiger partial charge is 0.318 e. The molecule has 32 heavy (non-hydrogen) atoms. The summed E-state index contributed by atoms with van der Waals surface area (Å²) in [6, 6.07) is 11.6. The van der Waals surface area contributed by atoms with Gasteiger partial charge in [-0.3, -0.25) is 9.59 Å². The fraction of sp³-hybridized carbons (Fsp3) is 0.136. The van der Waals surface area contributed by atoms with Gasteiger partial charge in [-0.2, -0.15) is 18.3 Å². The third kappa shape index (κ3) is 5.02. The van der Waals surface area contributed by atoms with E-state index in [-0.39, 0.29) is 11.4 Å². The van der Waals surface area contributed by atoms with Crippen molar-refractivity contribution in [1.29, 1.82) is 0 Å². The van der Waals surface area contributed by atoms with Crippen LogP contribution in [0.1, 0.15) is 22.5 Å². The quantitative estimate of drug-likeness (QED) is 0.271. The number of benzene rings is 2. The van der Waals surface area contributed by atoms with Crippen LogP contribution in [0.15, 0.2) is 59.7 Å². The van der Waals surface area contributed by atoms with E-state index in [0.717, 1.165) is 18.2 Å². The predicted octanol–water partition coefficient (Wildman–Crippen LogP) is 4.34. The number of alkyl halides is 3. The zero-order chi connectivity index (χ0) is 23.5. The van der Waals surface area contributed by atoms with E-state index >= 15 is 0 Å². The van der Waals surface area contributed by atoms with Crippen molar-refractivity contribution < 1.29 is 27.2 Å². The van der Waals surface area contributed by atoms with Gasteiger partial charge in [0, 0.05) is 22.6 Å². The van der Waals surface area contributed by atoms with Gasteiger partial charge in [0.25, 0.3) is 0 Å². The Kier molecular flexibility index (Phi) is 6.42. The van der Waals surface area contributed by atoms with Crippen molar-refractivity contribution in [2.45, 2.75) is 20.0 Å². The van der Waals surface area contributed by atoms with E-state index in [2.05, 4.69) is 10.4 Å². The number of aromatic nitrogens is 1. The van der Waals surface area contributed by atoms with E-state index in [0.29, 0.717) is 17.0 Å². The van der Waals surface area contributed by atoms with Crippen LogP contribution in [-0.2, 0) is 15.8 Å². The summed E-state index contributed by atoms with van der Waals surface area (Å²) in [6.45, 7) is 3.26. The average Bonchev–Trinajstić information content (AvgIpc) is 3.02. The Morgan fingerprint density at radius 1 is 1.00 bits per heavy atom. The Bertz CT molecular complexity index is 1180. The van der Waals surface area contributed by atoms with E-state index in [1.54, 1.807) is 19.9 Å². The summed E-state index contributed by atoms with van der Waals surface area (Å²) in [5.74, 6) is -2.58. The fourth-order valence-electron chi connectivity index (χ4n) is 3.13. The lowest BCUT2D eigenvalue weighted by Gasteiger charge is -2.16. The zero-order valence-electron chi connectivity index (χ0n) is 17.0. The lowest BCUT2D eigenvalue weighted by Crippen LogP contribution is -2.32. The molecule has 0 aliphatic carbocycles. The van der Waals surface area contributed by atoms with Crippen LogP contribution in [0.3, 0.4) is 0 Å². The van der Waals surface area contributed by atoms with Crippen LogP contribution in [0.2, 0.25) is 0 Å². The Morgan fingerprint density at radius 2 is 1.66 bits per heavy atom. The summed E-state index contributed by atoms with van der Waals surface area (Å²) in [4.78, 5) is 23.8. The van der Waals surface area contributed by atoms with E-state index in [4.69, 9.17) is 0 Å². The van der Waals surface area contributed by atoms with E-state index in [1.807, 2.05) is 5.43 Å². The van der Waals surface area contributed by atoms with Crippen molar-refractivity contribution in [3.63, 3.8) is 0 Å². The predicted molar refractivity (Wildman–Crippen MR) is 111 cm³/mol. The van der Waals surface area contributed by atoms with Crippen LogP contribution in [0.4, 0.5) is 23.2 Å². The van der Waals surface area contributed by atoms with Crippen molar-refractivity contribution in [2.75, 3.05) is 5.32 Å². The molecule has 0 spiro atoms. The fourth-order valence-corrected chi connectivity index (χ4v) is 3.13. The van der Waals surface area contributed by atoms with Crippen LogP contribution in [0.5, 0.6) is 0 Å². The van der Waals surface area contributed by atoms with E-state index < -0.39 is 29.4 Å². The molecule has 0 saturated heterocycles. The number of rotatable bonds is 4. The highest BCUT2D eigenvalue weighted by Crippen LogP contribution is 2.35. The molecule has 3 rings (SSSR count). The standard InChI is InChI=1S/C22H18F4N4O2/c1-13-11-15(14(2)30(13)19-6-4-3-5-18(19)22(24,25)26)12-27-29-21(32)20(31)28-17-9-7-16(23)8-10-17/h3-12H,1-2H3,(H,28,31)(H,29,32)/b27-12-. The number of halogens is 4. The lowest BCUT2D eigenvalue weighted by atomic mass is 10.1. The minimum absolute atomic E-state index is 0.0302. The summed E-state index contributed by atoms with van der Waals surface area (Å²) in [5.41, 5.74) is 2.91. The molecule has 10 heteroatoms. The van der Waals surface area contributed by atoms with Gasteiger partial charge >= 0.3 is 18.0 Å². The summed E-state index contributed by atoms with van der Waals surface area (Å²) in [6.07, 6.45) is -3.29. The third-order valence-corrected chi connectivity index (χ3v) is 4.60. The molecular weight excluding hydrogens is 428 g/mol. The van der Waals surface area contributed by atoms with Crippen LogP contribution in [0.25, 0.3) is 5.69 Å². The zero-order valence-corrected chi connectivity index (χ0v) is 17.0. The number of carbonyl (C=O) groups is 2. The molecule has 3 aromatic rings. The molecule has 2 N–H and O–H groups in total. The van der Waals surface area contributed by atoms with Crippen LogP contribution < -0.4 is 10.7 Å². The SMILES string of the molecule is Cc1cc(/C=N\NC(=O)C(=O)Nc2ccc(F)cc2)c(C)n1-c1ccccc1C(F)(F)F. The first-order valence-electron chi connectivity index (χ1n) is 9.33. The highest BCUT2D eigenvalue weighted by molar-refractivity contribution is 6.39. The minimum Gasteiger partial charge on any atom is -0.318 e. The van der Waals surface area contributed by atoms with Crippen LogP contribution >= 0.6 is 0 Å². The van der Waals surface area contributed by atoms with Gasteiger partial charge in [0.15, 0.2) is 0 Å². The maximum Gasteiger partial charge on any atom is 0.418 e. The number of amides is 2. The number of nitrogens with one attached hydrogen (secondary N) is 2. The van der Waals surface area contributed by atoms with Gasteiger partial charge in [-0.25, -0.2) is 9.82 Å². The lowest BCUT2D eigenvalue weighted by molar-refractivity contribution is -0.137. The monoisotopic (exact) mass is 446 g/mol. The molecular formula is C22H18F4N4O2. The summed E-state index contributed by atoms with van der Waals surface area (Å²) < 4.78 is 54.5. The van der Waals surface area contributed by atoms with Crippen molar-refractivity contribution in [3.8, 4) is 5.69 Å². The molecule has 0 saturated carbocycles. The molecule has 166 valence electrons. The number of hydrogen-bond donors (Lipinski definition) is 2. The van der Waals surface area contributed by atoms with Gasteiger partial charge in [0.2, 0.25) is 0 Å². The van der Waals surface area contributed by atoms with Crippen LogP contribution in [0, 0.1) is 19.7 Å². The van der Waals surface area contributed by atoms with Crippen molar-refractivity contribution in [2.24, 2.45) is 5.10 Å². The van der Waals surface area contributed by atoms with Gasteiger partial charge in [-0.15, -0.1) is 0 Å². The molecule has 2 aromatic carbocycles. The molecule has 0 radical (unpaired) electrons. The molecule has 0 atom stereocenters. The topological polar surface area (TPSA) is 75.5 Å². The number of hydrogen-bond acceptors (Lipinski definition) is 3. The molecule has 0 aliphatic heterocycles. The van der Waals surface area contributed by atoms with Crippen molar-refractivity contribution >= 4 is 23.7 Å². The van der Waals surface area contributed by atoms with Gasteiger partial charge in [0.05, 0.1) is 17.5 Å². The first kappa shape index (κ1) is 22.7. The Labute approximate surface area is 180 Å². The number of para-hydroxylation sites is 1. The minimum atomic E-state index is -4.53. The normalized spacial score (nSPS) is 11.6. The molecule has 0 unspecified atom stereocenters. The van der Waals surface area contributed by atoms with E-state index in [9.17, 15) is 27.2 Å². The molecule has 0 bridgehead atoms. The second-order valence-corrected chi connectivity index (χ2v) is 6.84. The average molecular weight is 446 g/mol. The summed E-state index contributed by atoms with van der Waals surface area (Å²) in [5, 5.41) is 6.00. The van der Waals surface area contributed by atoms with Crippen LogP contribution in [-0.4, -0.2) is 22.6 Å². The molecule has 6 nitrogen and oxygen atoms in total. The number of anilines is 1. The molecule has 1 aromatic heterocycles. The highest BCUT2D eigenvalue weighted by atomic mass is 19.4. The number of hydrazone groups is 1. The third-order valence-electron chi connectivity index (χ3n) is 4.60. The van der Waals surface area contributed by atoms with Gasteiger partial charge in [-0.1, -0.05) is 12.1 Å². The molecule has 2 amide bonds. The molecule has 0 aliphatic rings. The summed E-state index contributed by atoms with van der Waals surface area (Å²) in [7, 11) is 0. The maximum atomic E-state index is 13.4. The van der Waals surface area contributed by atoms with Gasteiger partial charge in [0.1, 0.15) is 5.82 Å². The Balaban J connectivity index is 1.75. The summed E-state index contributed by atoms with van der Waals surface area (Å²) >= 11 is 0. The number of nitrogens with zero attached hydrogens (tertiary/aromatic N) is 2. The van der Waals surface area contributed by atoms with Crippen molar-refractivity contribution in [3.05, 3.63) is 82.9 Å². The van der Waals surface area contributed by atoms with Crippen molar-refractivity contribution in [1.82, 2.24) is 9.99 Å². The van der Waals surface area contributed by atoms with E-state index in [1.165, 1.54) is 41.1 Å². The van der Waals surface area contributed by atoms with Gasteiger partial charge < -0.3 is 9.88 Å². The Hall–Kier alpha value is -3.95. The number of carbonyl (C=O) groups excluding carboxylic acids is 2.